The molecule has 2 amide bonds. The summed E-state index contributed by atoms with van der Waals surface area (Å²) in [6.45, 7) is 0.282. The first-order valence-electron chi connectivity index (χ1n) is 7.54. The summed E-state index contributed by atoms with van der Waals surface area (Å²) in [6, 6.07) is 9.15. The molecule has 2 rings (SSSR count). The molecular weight excluding hydrogens is 268 g/mol. The molecular formula is C16H22N2O3. The van der Waals surface area contributed by atoms with Crippen molar-refractivity contribution in [1.29, 1.82) is 0 Å². The number of benzene rings is 1. The highest BCUT2D eigenvalue weighted by Crippen LogP contribution is 2.17. The van der Waals surface area contributed by atoms with Gasteiger partial charge in [-0.25, -0.2) is 4.79 Å². The Morgan fingerprint density at radius 2 is 1.81 bits per heavy atom. The van der Waals surface area contributed by atoms with Gasteiger partial charge in [0.15, 0.2) is 0 Å². The quantitative estimate of drug-likeness (QED) is 0.876. The van der Waals surface area contributed by atoms with E-state index in [9.17, 15) is 9.59 Å². The Balaban J connectivity index is 1.60. The van der Waals surface area contributed by atoms with Crippen LogP contribution in [-0.2, 0) is 4.79 Å². The van der Waals surface area contributed by atoms with E-state index in [-0.39, 0.29) is 18.9 Å². The number of hydrogen-bond acceptors (Lipinski definition) is 3. The highest BCUT2D eigenvalue weighted by molar-refractivity contribution is 5.77. The number of carbonyl (C=O) groups is 2. The van der Waals surface area contributed by atoms with Crippen LogP contribution in [0, 0.1) is 0 Å². The first-order valence-corrected chi connectivity index (χ1v) is 7.54. The smallest absolute Gasteiger partial charge is 0.410 e. The lowest BCUT2D eigenvalue weighted by molar-refractivity contribution is -0.121. The lowest BCUT2D eigenvalue weighted by Crippen LogP contribution is -2.38. The maximum absolute atomic E-state index is 11.7. The Hall–Kier alpha value is -2.04. The maximum Gasteiger partial charge on any atom is 0.412 e. The number of ether oxygens (including phenoxy) is 1. The van der Waals surface area contributed by atoms with Gasteiger partial charge in [-0.2, -0.15) is 0 Å². The molecule has 1 aliphatic carbocycles. The fraction of sp³-hybridized carbons (Fsp3) is 0.500. The molecule has 0 radical (unpaired) electrons. The number of rotatable bonds is 5. The highest BCUT2D eigenvalue weighted by atomic mass is 16.6. The molecule has 2 N–H and O–H groups in total. The zero-order chi connectivity index (χ0) is 14.9. The molecule has 1 aromatic carbocycles. The van der Waals surface area contributed by atoms with E-state index >= 15 is 0 Å². The van der Waals surface area contributed by atoms with E-state index in [0.717, 1.165) is 12.8 Å². The molecule has 0 spiro atoms. The van der Waals surface area contributed by atoms with Gasteiger partial charge in [-0.1, -0.05) is 37.5 Å². The molecule has 0 aliphatic heterocycles. The number of hydrogen-bond donors (Lipinski definition) is 2. The molecule has 0 unspecified atom stereocenters. The third kappa shape index (κ3) is 5.85. The Kier molecular flexibility index (Phi) is 6.06. The van der Waals surface area contributed by atoms with Gasteiger partial charge in [0, 0.05) is 19.0 Å². The summed E-state index contributed by atoms with van der Waals surface area (Å²) < 4.78 is 5.06. The fourth-order valence-electron chi connectivity index (χ4n) is 2.46. The van der Waals surface area contributed by atoms with Gasteiger partial charge in [0.05, 0.1) is 0 Å². The lowest BCUT2D eigenvalue weighted by atomic mass is 9.95. The van der Waals surface area contributed by atoms with Crippen molar-refractivity contribution in [2.75, 3.05) is 6.54 Å². The summed E-state index contributed by atoms with van der Waals surface area (Å²) in [6.07, 6.45) is 5.51. The monoisotopic (exact) mass is 290 g/mol. The van der Waals surface area contributed by atoms with Gasteiger partial charge >= 0.3 is 6.09 Å². The summed E-state index contributed by atoms with van der Waals surface area (Å²) in [5, 5.41) is 5.59. The Morgan fingerprint density at radius 3 is 2.52 bits per heavy atom. The summed E-state index contributed by atoms with van der Waals surface area (Å²) in [7, 11) is 0. The second-order valence-electron chi connectivity index (χ2n) is 5.28. The predicted octanol–water partition coefficient (Wildman–Crippen LogP) is 2.61. The molecule has 0 aromatic heterocycles. The van der Waals surface area contributed by atoms with E-state index < -0.39 is 6.09 Å². The van der Waals surface area contributed by atoms with Gasteiger partial charge in [0.2, 0.25) is 5.91 Å². The van der Waals surface area contributed by atoms with Crippen molar-refractivity contribution >= 4 is 12.0 Å². The molecule has 1 fully saturated rings. The zero-order valence-electron chi connectivity index (χ0n) is 12.1. The van der Waals surface area contributed by atoms with E-state index in [4.69, 9.17) is 4.74 Å². The van der Waals surface area contributed by atoms with E-state index in [1.165, 1.54) is 19.3 Å². The van der Waals surface area contributed by atoms with Crippen molar-refractivity contribution in [3.05, 3.63) is 30.3 Å². The van der Waals surface area contributed by atoms with Gasteiger partial charge in [-0.05, 0) is 25.0 Å². The molecule has 1 aromatic rings. The Morgan fingerprint density at radius 1 is 1.10 bits per heavy atom. The molecule has 1 aliphatic rings. The molecule has 5 nitrogen and oxygen atoms in total. The van der Waals surface area contributed by atoms with Crippen LogP contribution in [0.25, 0.3) is 0 Å². The number of amides is 2. The first-order chi connectivity index (χ1) is 10.2. The van der Waals surface area contributed by atoms with Crippen LogP contribution in [0.2, 0.25) is 0 Å². The van der Waals surface area contributed by atoms with E-state index in [2.05, 4.69) is 10.6 Å². The van der Waals surface area contributed by atoms with Crippen molar-refractivity contribution < 1.29 is 14.3 Å². The van der Waals surface area contributed by atoms with Crippen LogP contribution in [0.1, 0.15) is 38.5 Å². The second kappa shape index (κ2) is 8.29. The summed E-state index contributed by atoms with van der Waals surface area (Å²) in [4.78, 5) is 23.3. The SMILES string of the molecule is O=C(CCNC(=O)Oc1ccccc1)NC1CCCCC1. The molecule has 114 valence electrons. The number of nitrogens with one attached hydrogen (secondary N) is 2. The Labute approximate surface area is 125 Å². The molecule has 0 atom stereocenters. The molecule has 0 saturated heterocycles. The van der Waals surface area contributed by atoms with Crippen LogP contribution in [0.5, 0.6) is 5.75 Å². The minimum absolute atomic E-state index is 0.0121. The third-order valence-electron chi connectivity index (χ3n) is 3.55. The maximum atomic E-state index is 11.7. The fourth-order valence-corrected chi connectivity index (χ4v) is 2.46. The zero-order valence-corrected chi connectivity index (χ0v) is 12.1. The van der Waals surface area contributed by atoms with Gasteiger partial charge in [-0.15, -0.1) is 0 Å². The molecule has 0 bridgehead atoms. The van der Waals surface area contributed by atoms with Crippen LogP contribution in [0.15, 0.2) is 30.3 Å². The number of carbonyl (C=O) groups excluding carboxylic acids is 2. The topological polar surface area (TPSA) is 67.4 Å². The average Bonchev–Trinajstić information content (AvgIpc) is 2.49. The summed E-state index contributed by atoms with van der Waals surface area (Å²) in [5.74, 6) is 0.476. The van der Waals surface area contributed by atoms with E-state index in [0.29, 0.717) is 11.8 Å². The molecule has 21 heavy (non-hydrogen) atoms. The van der Waals surface area contributed by atoms with E-state index in [1.807, 2.05) is 6.07 Å². The Bertz CT molecular complexity index is 456. The molecule has 1 saturated carbocycles. The van der Waals surface area contributed by atoms with Gasteiger partial charge in [0.1, 0.15) is 5.75 Å². The molecule has 5 heteroatoms. The van der Waals surface area contributed by atoms with Crippen molar-refractivity contribution in [2.45, 2.75) is 44.6 Å². The minimum Gasteiger partial charge on any atom is -0.410 e. The largest absolute Gasteiger partial charge is 0.412 e. The van der Waals surface area contributed by atoms with Crippen LogP contribution in [-0.4, -0.2) is 24.6 Å². The molecule has 0 heterocycles. The van der Waals surface area contributed by atoms with Gasteiger partial charge < -0.3 is 15.4 Å². The highest BCUT2D eigenvalue weighted by Gasteiger charge is 2.15. The first kappa shape index (κ1) is 15.4. The predicted molar refractivity (Wildman–Crippen MR) is 80.1 cm³/mol. The van der Waals surface area contributed by atoms with Crippen LogP contribution >= 0.6 is 0 Å². The van der Waals surface area contributed by atoms with Crippen LogP contribution in [0.3, 0.4) is 0 Å². The minimum atomic E-state index is -0.535. The van der Waals surface area contributed by atoms with Crippen molar-refractivity contribution in [1.82, 2.24) is 10.6 Å². The summed E-state index contributed by atoms with van der Waals surface area (Å²) in [5.41, 5.74) is 0. The van der Waals surface area contributed by atoms with Crippen molar-refractivity contribution in [2.24, 2.45) is 0 Å². The normalized spacial score (nSPS) is 15.2. The van der Waals surface area contributed by atoms with Gasteiger partial charge in [0.25, 0.3) is 0 Å². The van der Waals surface area contributed by atoms with Crippen LogP contribution in [0.4, 0.5) is 4.79 Å². The second-order valence-corrected chi connectivity index (χ2v) is 5.28. The van der Waals surface area contributed by atoms with Crippen molar-refractivity contribution in [3.63, 3.8) is 0 Å². The summed E-state index contributed by atoms with van der Waals surface area (Å²) >= 11 is 0. The standard InChI is InChI=1S/C16H22N2O3/c19-15(18-13-7-3-1-4-8-13)11-12-17-16(20)21-14-9-5-2-6-10-14/h2,5-6,9-10,13H,1,3-4,7-8,11-12H2,(H,17,20)(H,18,19). The van der Waals surface area contributed by atoms with Gasteiger partial charge in [-0.3, -0.25) is 4.79 Å². The number of para-hydroxylation sites is 1. The van der Waals surface area contributed by atoms with Crippen LogP contribution < -0.4 is 15.4 Å². The lowest BCUT2D eigenvalue weighted by Gasteiger charge is -2.22. The third-order valence-corrected chi connectivity index (χ3v) is 3.55. The van der Waals surface area contributed by atoms with Crippen molar-refractivity contribution in [3.8, 4) is 5.75 Å². The average molecular weight is 290 g/mol. The van der Waals surface area contributed by atoms with E-state index in [1.54, 1.807) is 24.3 Å².